The number of aliphatic imine (C=N–C) groups is 1. The van der Waals surface area contributed by atoms with Gasteiger partial charge in [-0.15, -0.1) is 0 Å². The molecule has 1 aliphatic rings. The van der Waals surface area contributed by atoms with Crippen molar-refractivity contribution < 1.29 is 18.3 Å². The maximum absolute atomic E-state index is 13.0. The highest BCUT2D eigenvalue weighted by Gasteiger charge is 2.32. The molecular weight excluding hydrogens is 309 g/mol. The van der Waals surface area contributed by atoms with E-state index in [2.05, 4.69) is 20.3 Å². The Balaban J connectivity index is 2.01. The van der Waals surface area contributed by atoms with Crippen LogP contribution in [0.25, 0.3) is 11.1 Å². The van der Waals surface area contributed by atoms with E-state index in [1.54, 1.807) is 6.21 Å². The Labute approximate surface area is 129 Å². The molecule has 8 heteroatoms. The SMILES string of the molecule is OCCNc1ncc(-c2cc(C(F)(F)F)cc3c2C=NC3)cn1. The summed E-state index contributed by atoms with van der Waals surface area (Å²) >= 11 is 0. The summed E-state index contributed by atoms with van der Waals surface area (Å²) in [6.45, 7) is 0.469. The summed E-state index contributed by atoms with van der Waals surface area (Å²) < 4.78 is 39.1. The standard InChI is InChI=1S/C15H13F3N4O/c16-15(17,18)11-3-9-5-19-8-13(9)12(4-11)10-6-21-14(22-7-10)20-1-2-23/h3-4,6-8,23H,1-2,5H2,(H,20,21,22). The molecule has 1 aromatic heterocycles. The summed E-state index contributed by atoms with van der Waals surface area (Å²) in [7, 11) is 0. The minimum absolute atomic E-state index is 0.0668. The second-order valence-corrected chi connectivity index (χ2v) is 5.01. The van der Waals surface area contributed by atoms with Crippen molar-refractivity contribution in [2.24, 2.45) is 4.99 Å². The van der Waals surface area contributed by atoms with Crippen LogP contribution in [0.1, 0.15) is 16.7 Å². The topological polar surface area (TPSA) is 70.4 Å². The number of nitrogens with zero attached hydrogens (tertiary/aromatic N) is 3. The Hall–Kier alpha value is -2.48. The lowest BCUT2D eigenvalue weighted by molar-refractivity contribution is -0.137. The molecule has 0 radical (unpaired) electrons. The van der Waals surface area contributed by atoms with Crippen molar-refractivity contribution >= 4 is 12.2 Å². The van der Waals surface area contributed by atoms with Crippen molar-refractivity contribution in [2.75, 3.05) is 18.5 Å². The number of alkyl halides is 3. The molecule has 0 unspecified atom stereocenters. The zero-order valence-electron chi connectivity index (χ0n) is 11.9. The molecule has 0 aliphatic carbocycles. The van der Waals surface area contributed by atoms with E-state index < -0.39 is 11.7 Å². The lowest BCUT2D eigenvalue weighted by atomic mass is 9.95. The van der Waals surface area contributed by atoms with Gasteiger partial charge in [-0.2, -0.15) is 13.2 Å². The van der Waals surface area contributed by atoms with Crippen LogP contribution in [-0.4, -0.2) is 34.4 Å². The third-order valence-electron chi connectivity index (χ3n) is 3.43. The fraction of sp³-hybridized carbons (Fsp3) is 0.267. The molecule has 1 aromatic carbocycles. The van der Waals surface area contributed by atoms with E-state index in [1.807, 2.05) is 0 Å². The van der Waals surface area contributed by atoms with Crippen LogP contribution in [0.4, 0.5) is 19.1 Å². The summed E-state index contributed by atoms with van der Waals surface area (Å²) in [5.74, 6) is 0.306. The Morgan fingerprint density at radius 1 is 1.17 bits per heavy atom. The van der Waals surface area contributed by atoms with Gasteiger partial charge in [0.25, 0.3) is 0 Å². The second kappa shape index (κ2) is 5.96. The fourth-order valence-corrected chi connectivity index (χ4v) is 2.36. The monoisotopic (exact) mass is 322 g/mol. The number of anilines is 1. The van der Waals surface area contributed by atoms with Crippen LogP contribution in [-0.2, 0) is 12.7 Å². The third-order valence-corrected chi connectivity index (χ3v) is 3.43. The van der Waals surface area contributed by atoms with E-state index in [9.17, 15) is 13.2 Å². The molecule has 0 saturated heterocycles. The number of fused-ring (bicyclic) bond motifs is 1. The highest BCUT2D eigenvalue weighted by molar-refractivity contribution is 5.94. The fourth-order valence-electron chi connectivity index (χ4n) is 2.36. The van der Waals surface area contributed by atoms with E-state index in [-0.39, 0.29) is 13.2 Å². The van der Waals surface area contributed by atoms with Crippen molar-refractivity contribution in [3.05, 3.63) is 41.2 Å². The zero-order chi connectivity index (χ0) is 16.4. The number of halogens is 3. The van der Waals surface area contributed by atoms with Gasteiger partial charge in [-0.25, -0.2) is 9.97 Å². The average Bonchev–Trinajstić information content (AvgIpc) is 3.00. The summed E-state index contributed by atoms with van der Waals surface area (Å²) in [6.07, 6.45) is 0.0574. The van der Waals surface area contributed by atoms with Gasteiger partial charge in [0.1, 0.15) is 0 Å². The smallest absolute Gasteiger partial charge is 0.395 e. The number of aromatic nitrogens is 2. The Kier molecular flexibility index (Phi) is 3.99. The molecule has 3 rings (SSSR count). The number of nitrogens with one attached hydrogen (secondary N) is 1. The Morgan fingerprint density at radius 2 is 1.91 bits per heavy atom. The van der Waals surface area contributed by atoms with Gasteiger partial charge in [0.15, 0.2) is 0 Å². The molecule has 0 amide bonds. The van der Waals surface area contributed by atoms with Crippen molar-refractivity contribution in [1.82, 2.24) is 9.97 Å². The van der Waals surface area contributed by atoms with Gasteiger partial charge in [0, 0.05) is 36.3 Å². The number of rotatable bonds is 4. The number of benzene rings is 1. The molecule has 120 valence electrons. The van der Waals surface area contributed by atoms with Crippen LogP contribution < -0.4 is 5.32 Å². The predicted molar refractivity (Wildman–Crippen MR) is 79.3 cm³/mol. The van der Waals surface area contributed by atoms with Crippen LogP contribution in [0.15, 0.2) is 29.5 Å². The second-order valence-electron chi connectivity index (χ2n) is 5.01. The molecule has 23 heavy (non-hydrogen) atoms. The molecule has 5 nitrogen and oxygen atoms in total. The van der Waals surface area contributed by atoms with E-state index in [0.29, 0.717) is 34.7 Å². The van der Waals surface area contributed by atoms with E-state index in [4.69, 9.17) is 5.11 Å². The van der Waals surface area contributed by atoms with E-state index in [0.717, 1.165) is 12.1 Å². The summed E-state index contributed by atoms with van der Waals surface area (Å²) in [6, 6.07) is 2.22. The summed E-state index contributed by atoms with van der Waals surface area (Å²) in [4.78, 5) is 12.1. The van der Waals surface area contributed by atoms with E-state index in [1.165, 1.54) is 12.4 Å². The number of hydrogen-bond donors (Lipinski definition) is 2. The third kappa shape index (κ3) is 3.16. The van der Waals surface area contributed by atoms with Crippen LogP contribution in [0.3, 0.4) is 0 Å². The maximum Gasteiger partial charge on any atom is 0.416 e. The van der Waals surface area contributed by atoms with Gasteiger partial charge in [-0.1, -0.05) is 0 Å². The first-order chi connectivity index (χ1) is 11.0. The summed E-state index contributed by atoms with van der Waals surface area (Å²) in [5, 5.41) is 11.5. The molecule has 2 heterocycles. The highest BCUT2D eigenvalue weighted by atomic mass is 19.4. The first-order valence-corrected chi connectivity index (χ1v) is 6.90. The molecule has 1 aliphatic heterocycles. The van der Waals surface area contributed by atoms with Crippen LogP contribution in [0, 0.1) is 0 Å². The predicted octanol–water partition coefficient (Wildman–Crippen LogP) is 2.50. The van der Waals surface area contributed by atoms with Crippen LogP contribution >= 0.6 is 0 Å². The molecular formula is C15H13F3N4O. The van der Waals surface area contributed by atoms with Gasteiger partial charge in [-0.3, -0.25) is 4.99 Å². The Bertz CT molecular complexity index is 742. The number of aliphatic hydroxyl groups excluding tert-OH is 1. The first-order valence-electron chi connectivity index (χ1n) is 6.90. The zero-order valence-corrected chi connectivity index (χ0v) is 11.9. The van der Waals surface area contributed by atoms with E-state index >= 15 is 0 Å². The quantitative estimate of drug-likeness (QED) is 0.907. The normalized spacial score (nSPS) is 13.2. The minimum Gasteiger partial charge on any atom is -0.395 e. The summed E-state index contributed by atoms with van der Waals surface area (Å²) in [5.41, 5.74) is 1.38. The van der Waals surface area contributed by atoms with Crippen molar-refractivity contribution in [3.8, 4) is 11.1 Å². The number of hydrogen-bond acceptors (Lipinski definition) is 5. The van der Waals surface area contributed by atoms with Crippen molar-refractivity contribution in [1.29, 1.82) is 0 Å². The van der Waals surface area contributed by atoms with Crippen molar-refractivity contribution in [2.45, 2.75) is 12.7 Å². The van der Waals surface area contributed by atoms with Gasteiger partial charge >= 0.3 is 6.18 Å². The molecule has 0 bridgehead atoms. The Morgan fingerprint density at radius 3 is 2.57 bits per heavy atom. The van der Waals surface area contributed by atoms with Crippen molar-refractivity contribution in [3.63, 3.8) is 0 Å². The first kappa shape index (κ1) is 15.4. The highest BCUT2D eigenvalue weighted by Crippen LogP contribution is 2.36. The van der Waals surface area contributed by atoms with Crippen LogP contribution in [0.2, 0.25) is 0 Å². The van der Waals surface area contributed by atoms with Gasteiger partial charge in [0.2, 0.25) is 5.95 Å². The van der Waals surface area contributed by atoms with Crippen LogP contribution in [0.5, 0.6) is 0 Å². The molecule has 0 atom stereocenters. The average molecular weight is 322 g/mol. The largest absolute Gasteiger partial charge is 0.416 e. The molecule has 0 spiro atoms. The van der Waals surface area contributed by atoms with Gasteiger partial charge in [0.05, 0.1) is 18.7 Å². The van der Waals surface area contributed by atoms with Gasteiger partial charge < -0.3 is 10.4 Å². The number of aliphatic hydroxyl groups is 1. The molecule has 0 fully saturated rings. The maximum atomic E-state index is 13.0. The van der Waals surface area contributed by atoms with Gasteiger partial charge in [-0.05, 0) is 23.3 Å². The minimum atomic E-state index is -4.42. The lowest BCUT2D eigenvalue weighted by Crippen LogP contribution is -2.09. The molecule has 2 aromatic rings. The molecule has 2 N–H and O–H groups in total. The lowest BCUT2D eigenvalue weighted by Gasteiger charge is -2.13. The molecule has 0 saturated carbocycles.